The zero-order chi connectivity index (χ0) is 25.6. The molecule has 1 fully saturated rings. The molecule has 3 rings (SSSR count). The number of nitrogens with one attached hydrogen (secondary N) is 1. The first-order valence-corrected chi connectivity index (χ1v) is 10.6. The number of aromatic nitrogens is 1. The molecule has 34 heavy (non-hydrogen) atoms. The third-order valence-corrected chi connectivity index (χ3v) is 6.48. The maximum absolute atomic E-state index is 13.2. The Bertz CT molecular complexity index is 1230. The molecule has 0 radical (unpaired) electrons. The highest BCUT2D eigenvalue weighted by molar-refractivity contribution is 6.44. The molecule has 0 atom stereocenters. The molecular formula is C25H25F3N2O4. The lowest BCUT2D eigenvalue weighted by atomic mass is 9.64. The Morgan fingerprint density at radius 1 is 1.24 bits per heavy atom. The highest BCUT2D eigenvalue weighted by Gasteiger charge is 2.45. The van der Waals surface area contributed by atoms with Crippen molar-refractivity contribution in [2.75, 3.05) is 5.32 Å². The van der Waals surface area contributed by atoms with E-state index < -0.39 is 40.7 Å². The predicted molar refractivity (Wildman–Crippen MR) is 119 cm³/mol. The molecule has 0 aliphatic heterocycles. The van der Waals surface area contributed by atoms with Gasteiger partial charge in [0, 0.05) is 30.3 Å². The van der Waals surface area contributed by atoms with Gasteiger partial charge in [0.25, 0.3) is 5.91 Å². The number of hydrogen-bond acceptors (Lipinski definition) is 4. The number of benzene rings is 1. The third kappa shape index (κ3) is 4.50. The van der Waals surface area contributed by atoms with E-state index in [0.717, 1.165) is 6.07 Å². The predicted octanol–water partition coefficient (Wildman–Crippen LogP) is 4.14. The lowest BCUT2D eigenvalue weighted by Gasteiger charge is -2.40. The molecule has 1 aromatic carbocycles. The number of alkyl halides is 3. The fourth-order valence-corrected chi connectivity index (χ4v) is 4.51. The van der Waals surface area contributed by atoms with Gasteiger partial charge in [-0.05, 0) is 56.9 Å². The highest BCUT2D eigenvalue weighted by Crippen LogP contribution is 2.44. The number of hydrogen-bond donors (Lipinski definition) is 2. The molecule has 1 saturated carbocycles. The molecule has 0 unspecified atom stereocenters. The van der Waals surface area contributed by atoms with Crippen LogP contribution in [-0.4, -0.2) is 33.3 Å². The van der Waals surface area contributed by atoms with Crippen LogP contribution >= 0.6 is 0 Å². The van der Waals surface area contributed by atoms with E-state index in [-0.39, 0.29) is 47.3 Å². The van der Waals surface area contributed by atoms with Crippen molar-refractivity contribution in [3.05, 3.63) is 51.8 Å². The molecule has 2 aromatic rings. The summed E-state index contributed by atoms with van der Waals surface area (Å²) in [5.41, 5.74) is -1.04. The smallest absolute Gasteiger partial charge is 0.393 e. The van der Waals surface area contributed by atoms with Crippen LogP contribution in [0.25, 0.3) is 0 Å². The second-order valence-electron chi connectivity index (χ2n) is 8.89. The summed E-state index contributed by atoms with van der Waals surface area (Å²) in [7, 11) is 1.53. The first-order chi connectivity index (χ1) is 15.7. The monoisotopic (exact) mass is 474 g/mol. The lowest BCUT2D eigenvalue weighted by molar-refractivity contribution is -0.138. The van der Waals surface area contributed by atoms with Gasteiger partial charge in [0.2, 0.25) is 11.6 Å². The van der Waals surface area contributed by atoms with Crippen LogP contribution in [0.1, 0.15) is 62.5 Å². The molecule has 9 heteroatoms. The molecule has 0 bridgehead atoms. The summed E-state index contributed by atoms with van der Waals surface area (Å²) in [6.07, 6.45) is 0.597. The molecular weight excluding hydrogens is 449 g/mol. The van der Waals surface area contributed by atoms with Crippen LogP contribution in [0.4, 0.5) is 18.9 Å². The standard InChI is InChI=1S/C25H25F3N2O4/c1-6-24(10-17(31)11-24)12-19(32)22(33)20-14(3)21(30(5)15(20)4)23(34)29-16-8-7-13(2)18(9-16)25(26,27)28/h1,7-9,17,31H,10-12H2,2-5H3,(H,29,34). The van der Waals surface area contributed by atoms with Crippen molar-refractivity contribution < 1.29 is 32.7 Å². The maximum atomic E-state index is 13.2. The Morgan fingerprint density at radius 2 is 1.85 bits per heavy atom. The Labute approximate surface area is 195 Å². The summed E-state index contributed by atoms with van der Waals surface area (Å²) >= 11 is 0. The number of carbonyl (C=O) groups excluding carboxylic acids is 3. The number of aliphatic hydroxyl groups excluding tert-OH is 1. The number of aliphatic hydroxyl groups is 1. The summed E-state index contributed by atoms with van der Waals surface area (Å²) in [5.74, 6) is 0.280. The largest absolute Gasteiger partial charge is 0.416 e. The molecule has 1 aromatic heterocycles. The first kappa shape index (κ1) is 25.2. The molecule has 1 amide bonds. The molecule has 1 aliphatic carbocycles. The van der Waals surface area contributed by atoms with Crippen molar-refractivity contribution in [3.63, 3.8) is 0 Å². The van der Waals surface area contributed by atoms with Crippen LogP contribution in [0.5, 0.6) is 0 Å². The van der Waals surface area contributed by atoms with E-state index in [1.165, 1.54) is 37.6 Å². The summed E-state index contributed by atoms with van der Waals surface area (Å²) in [5, 5.41) is 12.0. The summed E-state index contributed by atoms with van der Waals surface area (Å²) in [6.45, 7) is 4.40. The number of aryl methyl sites for hydroxylation is 1. The Kier molecular flexibility index (Phi) is 6.51. The van der Waals surface area contributed by atoms with Gasteiger partial charge in [-0.1, -0.05) is 12.0 Å². The summed E-state index contributed by atoms with van der Waals surface area (Å²) in [6, 6.07) is 3.46. The Hall–Kier alpha value is -3.38. The van der Waals surface area contributed by atoms with Gasteiger partial charge in [-0.3, -0.25) is 14.4 Å². The van der Waals surface area contributed by atoms with Gasteiger partial charge < -0.3 is 15.0 Å². The van der Waals surface area contributed by atoms with Gasteiger partial charge >= 0.3 is 6.18 Å². The van der Waals surface area contributed by atoms with Crippen LogP contribution < -0.4 is 5.32 Å². The minimum atomic E-state index is -4.57. The summed E-state index contributed by atoms with van der Waals surface area (Å²) in [4.78, 5) is 38.7. The number of terminal acetylenes is 1. The molecule has 180 valence electrons. The van der Waals surface area contributed by atoms with Crippen LogP contribution in [0.15, 0.2) is 18.2 Å². The van der Waals surface area contributed by atoms with Crippen LogP contribution in [0.2, 0.25) is 0 Å². The first-order valence-electron chi connectivity index (χ1n) is 10.6. The normalized spacial score (nSPS) is 19.8. The van der Waals surface area contributed by atoms with E-state index in [0.29, 0.717) is 5.69 Å². The van der Waals surface area contributed by atoms with E-state index >= 15 is 0 Å². The maximum Gasteiger partial charge on any atom is 0.416 e. The number of ketones is 2. The fourth-order valence-electron chi connectivity index (χ4n) is 4.51. The average Bonchev–Trinajstić information content (AvgIpc) is 2.94. The van der Waals surface area contributed by atoms with Crippen molar-refractivity contribution in [2.45, 2.75) is 52.3 Å². The zero-order valence-corrected chi connectivity index (χ0v) is 19.3. The molecule has 6 nitrogen and oxygen atoms in total. The number of carbonyl (C=O) groups is 3. The van der Waals surface area contributed by atoms with Crippen LogP contribution in [0, 0.1) is 38.5 Å². The molecule has 1 heterocycles. The second kappa shape index (κ2) is 8.76. The number of Topliss-reactive ketones (excluding diaryl/α,β-unsaturated/α-hetero) is 2. The molecule has 0 saturated heterocycles. The minimum Gasteiger partial charge on any atom is -0.393 e. The van der Waals surface area contributed by atoms with Crippen molar-refractivity contribution in [3.8, 4) is 12.3 Å². The summed E-state index contributed by atoms with van der Waals surface area (Å²) < 4.78 is 41.1. The number of rotatable bonds is 6. The van der Waals surface area contributed by atoms with Crippen molar-refractivity contribution >= 4 is 23.2 Å². The van der Waals surface area contributed by atoms with Crippen molar-refractivity contribution in [1.29, 1.82) is 0 Å². The zero-order valence-electron chi connectivity index (χ0n) is 19.3. The quantitative estimate of drug-likeness (QED) is 0.374. The average molecular weight is 474 g/mol. The van der Waals surface area contributed by atoms with E-state index in [9.17, 15) is 32.7 Å². The van der Waals surface area contributed by atoms with E-state index in [4.69, 9.17) is 6.42 Å². The molecule has 1 aliphatic rings. The SMILES string of the molecule is C#CC1(CC(=O)C(=O)c2c(C)c(C(=O)Nc3ccc(C)c(C(F)(F)F)c3)n(C)c2C)CC(O)C1. The van der Waals surface area contributed by atoms with Crippen LogP contribution in [0.3, 0.4) is 0 Å². The lowest BCUT2D eigenvalue weighted by Crippen LogP contribution is -2.42. The van der Waals surface area contributed by atoms with Crippen molar-refractivity contribution in [2.24, 2.45) is 12.5 Å². The number of nitrogens with zero attached hydrogens (tertiary/aromatic N) is 1. The molecule has 0 spiro atoms. The number of anilines is 1. The fraction of sp³-hybridized carbons (Fsp3) is 0.400. The number of halogens is 3. The minimum absolute atomic E-state index is 0.0199. The van der Waals surface area contributed by atoms with E-state index in [1.54, 1.807) is 6.92 Å². The van der Waals surface area contributed by atoms with Gasteiger partial charge in [-0.2, -0.15) is 13.2 Å². The van der Waals surface area contributed by atoms with Gasteiger partial charge in [0.1, 0.15) is 5.69 Å². The van der Waals surface area contributed by atoms with E-state index in [2.05, 4.69) is 11.2 Å². The van der Waals surface area contributed by atoms with Gasteiger partial charge in [0.15, 0.2) is 0 Å². The van der Waals surface area contributed by atoms with Crippen LogP contribution in [-0.2, 0) is 18.0 Å². The Balaban J connectivity index is 1.88. The highest BCUT2D eigenvalue weighted by atomic mass is 19.4. The number of amides is 1. The van der Waals surface area contributed by atoms with Crippen molar-refractivity contribution in [1.82, 2.24) is 4.57 Å². The van der Waals surface area contributed by atoms with E-state index in [1.807, 2.05) is 0 Å². The Morgan fingerprint density at radius 3 is 2.38 bits per heavy atom. The topological polar surface area (TPSA) is 88.4 Å². The van der Waals surface area contributed by atoms with Gasteiger partial charge in [0.05, 0.1) is 17.2 Å². The van der Waals surface area contributed by atoms with Gasteiger partial charge in [-0.15, -0.1) is 6.42 Å². The third-order valence-electron chi connectivity index (χ3n) is 6.48. The second-order valence-corrected chi connectivity index (χ2v) is 8.89. The molecule has 2 N–H and O–H groups in total. The van der Waals surface area contributed by atoms with Gasteiger partial charge in [-0.25, -0.2) is 0 Å².